The van der Waals surface area contributed by atoms with E-state index in [9.17, 15) is 14.7 Å². The molecule has 0 saturated heterocycles. The number of amides is 1. The lowest BCUT2D eigenvalue weighted by Gasteiger charge is -2.27. The zero-order chi connectivity index (χ0) is 15.6. The minimum Gasteiger partial charge on any atom is -0.481 e. The van der Waals surface area contributed by atoms with Crippen molar-refractivity contribution in [2.75, 3.05) is 5.32 Å². The predicted molar refractivity (Wildman–Crippen MR) is 82.4 cm³/mol. The first-order valence-electron chi connectivity index (χ1n) is 6.84. The Balaban J connectivity index is 2.20. The molecule has 1 aromatic carbocycles. The van der Waals surface area contributed by atoms with Gasteiger partial charge in [0.05, 0.1) is 11.8 Å². The summed E-state index contributed by atoms with van der Waals surface area (Å²) in [5.74, 6) is -2.42. The number of aliphatic carboxylic acids is 1. The SMILES string of the molecule is CC1=CCC(C(=O)O)C(C(=O)Nc2cccc(Cl)c2C)C1. The molecule has 2 unspecified atom stereocenters. The number of rotatable bonds is 3. The molecule has 2 rings (SSSR count). The zero-order valence-electron chi connectivity index (χ0n) is 12.0. The molecule has 0 bridgehead atoms. The predicted octanol–water partition coefficient (Wildman–Crippen LogP) is 3.64. The highest BCUT2D eigenvalue weighted by Gasteiger charge is 2.35. The Labute approximate surface area is 128 Å². The summed E-state index contributed by atoms with van der Waals surface area (Å²) in [5, 5.41) is 12.7. The van der Waals surface area contributed by atoms with Gasteiger partial charge in [0.15, 0.2) is 0 Å². The van der Waals surface area contributed by atoms with Gasteiger partial charge in [0.25, 0.3) is 0 Å². The van der Waals surface area contributed by atoms with E-state index in [0.717, 1.165) is 11.1 Å². The molecule has 2 atom stereocenters. The first-order chi connectivity index (χ1) is 9.90. The fraction of sp³-hybridized carbons (Fsp3) is 0.375. The Morgan fingerprint density at radius 3 is 2.67 bits per heavy atom. The molecule has 1 aliphatic carbocycles. The maximum absolute atomic E-state index is 12.4. The summed E-state index contributed by atoms with van der Waals surface area (Å²) >= 11 is 6.03. The molecule has 0 radical (unpaired) electrons. The Morgan fingerprint density at radius 2 is 2.00 bits per heavy atom. The number of anilines is 1. The molecule has 0 heterocycles. The Hall–Kier alpha value is -1.81. The van der Waals surface area contributed by atoms with Gasteiger partial charge in [-0.05, 0) is 44.4 Å². The van der Waals surface area contributed by atoms with Crippen molar-refractivity contribution in [1.82, 2.24) is 0 Å². The van der Waals surface area contributed by atoms with E-state index in [0.29, 0.717) is 23.6 Å². The molecule has 21 heavy (non-hydrogen) atoms. The molecule has 4 nitrogen and oxygen atoms in total. The van der Waals surface area contributed by atoms with Crippen LogP contribution in [0.15, 0.2) is 29.8 Å². The van der Waals surface area contributed by atoms with E-state index >= 15 is 0 Å². The van der Waals surface area contributed by atoms with Crippen LogP contribution in [0.1, 0.15) is 25.3 Å². The van der Waals surface area contributed by atoms with E-state index in [-0.39, 0.29) is 5.91 Å². The van der Waals surface area contributed by atoms with Gasteiger partial charge in [-0.2, -0.15) is 0 Å². The lowest BCUT2D eigenvalue weighted by atomic mass is 9.79. The summed E-state index contributed by atoms with van der Waals surface area (Å²) in [5.41, 5.74) is 2.46. The zero-order valence-corrected chi connectivity index (χ0v) is 12.8. The van der Waals surface area contributed by atoms with Crippen LogP contribution in [0.4, 0.5) is 5.69 Å². The third-order valence-electron chi connectivity index (χ3n) is 3.93. The van der Waals surface area contributed by atoms with E-state index in [1.165, 1.54) is 0 Å². The highest BCUT2D eigenvalue weighted by atomic mass is 35.5. The molecule has 2 N–H and O–H groups in total. The van der Waals surface area contributed by atoms with Crippen LogP contribution in [0.25, 0.3) is 0 Å². The normalized spacial score (nSPS) is 21.6. The van der Waals surface area contributed by atoms with Crippen LogP contribution in [0, 0.1) is 18.8 Å². The van der Waals surface area contributed by atoms with E-state index in [1.807, 2.05) is 19.9 Å². The van der Waals surface area contributed by atoms with Gasteiger partial charge in [0.1, 0.15) is 0 Å². The minimum atomic E-state index is -0.929. The quantitative estimate of drug-likeness (QED) is 0.838. The Kier molecular flexibility index (Phi) is 4.68. The molecule has 0 fully saturated rings. The first kappa shape index (κ1) is 15.6. The molecule has 1 aliphatic rings. The van der Waals surface area contributed by atoms with E-state index in [4.69, 9.17) is 11.6 Å². The maximum Gasteiger partial charge on any atom is 0.307 e. The van der Waals surface area contributed by atoms with Gasteiger partial charge in [-0.15, -0.1) is 0 Å². The number of allylic oxidation sites excluding steroid dienone is 2. The maximum atomic E-state index is 12.4. The molecule has 1 amide bonds. The Morgan fingerprint density at radius 1 is 1.29 bits per heavy atom. The highest BCUT2D eigenvalue weighted by molar-refractivity contribution is 6.31. The molecule has 112 valence electrons. The van der Waals surface area contributed by atoms with Crippen molar-refractivity contribution in [3.63, 3.8) is 0 Å². The second-order valence-electron chi connectivity index (χ2n) is 5.44. The number of benzene rings is 1. The number of hydrogen-bond donors (Lipinski definition) is 2. The largest absolute Gasteiger partial charge is 0.481 e. The number of halogens is 1. The lowest BCUT2D eigenvalue weighted by molar-refractivity contribution is -0.146. The molecular formula is C16H18ClNO3. The summed E-state index contributed by atoms with van der Waals surface area (Å²) in [6.07, 6.45) is 2.77. The van der Waals surface area contributed by atoms with E-state index in [2.05, 4.69) is 5.32 Å². The summed E-state index contributed by atoms with van der Waals surface area (Å²) in [4.78, 5) is 23.8. The van der Waals surface area contributed by atoms with Gasteiger partial charge < -0.3 is 10.4 Å². The van der Waals surface area contributed by atoms with Crippen molar-refractivity contribution in [2.24, 2.45) is 11.8 Å². The first-order valence-corrected chi connectivity index (χ1v) is 7.22. The summed E-state index contributed by atoms with van der Waals surface area (Å²) in [6, 6.07) is 5.27. The topological polar surface area (TPSA) is 66.4 Å². The van der Waals surface area contributed by atoms with Crippen molar-refractivity contribution in [3.05, 3.63) is 40.4 Å². The number of carbonyl (C=O) groups is 2. The van der Waals surface area contributed by atoms with Crippen LogP contribution < -0.4 is 5.32 Å². The van der Waals surface area contributed by atoms with E-state index in [1.54, 1.807) is 18.2 Å². The van der Waals surface area contributed by atoms with Crippen molar-refractivity contribution in [2.45, 2.75) is 26.7 Å². The van der Waals surface area contributed by atoms with Crippen LogP contribution in [0.5, 0.6) is 0 Å². The van der Waals surface area contributed by atoms with Crippen LogP contribution in [0.2, 0.25) is 5.02 Å². The van der Waals surface area contributed by atoms with Crippen LogP contribution in [-0.4, -0.2) is 17.0 Å². The van der Waals surface area contributed by atoms with Crippen molar-refractivity contribution >= 4 is 29.2 Å². The molecular weight excluding hydrogens is 290 g/mol. The number of nitrogens with one attached hydrogen (secondary N) is 1. The van der Waals surface area contributed by atoms with Crippen LogP contribution >= 0.6 is 11.6 Å². The van der Waals surface area contributed by atoms with Gasteiger partial charge in [-0.3, -0.25) is 9.59 Å². The van der Waals surface area contributed by atoms with Crippen molar-refractivity contribution < 1.29 is 14.7 Å². The smallest absolute Gasteiger partial charge is 0.307 e. The highest BCUT2D eigenvalue weighted by Crippen LogP contribution is 2.32. The van der Waals surface area contributed by atoms with Crippen molar-refractivity contribution in [3.8, 4) is 0 Å². The van der Waals surface area contributed by atoms with Gasteiger partial charge in [0, 0.05) is 10.7 Å². The monoisotopic (exact) mass is 307 g/mol. The van der Waals surface area contributed by atoms with E-state index < -0.39 is 17.8 Å². The second kappa shape index (κ2) is 6.31. The third-order valence-corrected chi connectivity index (χ3v) is 4.34. The average Bonchev–Trinajstić information content (AvgIpc) is 2.43. The number of carbonyl (C=O) groups excluding carboxylic acids is 1. The standard InChI is InChI=1S/C16H18ClNO3/c1-9-6-7-11(16(20)21)12(8-9)15(19)18-14-5-3-4-13(17)10(14)2/h3-6,11-12H,7-8H2,1-2H3,(H,18,19)(H,20,21). The molecule has 1 aromatic rings. The lowest BCUT2D eigenvalue weighted by Crippen LogP contribution is -2.35. The fourth-order valence-electron chi connectivity index (χ4n) is 2.58. The third kappa shape index (κ3) is 3.45. The van der Waals surface area contributed by atoms with Gasteiger partial charge in [0.2, 0.25) is 5.91 Å². The summed E-state index contributed by atoms with van der Waals surface area (Å²) in [6.45, 7) is 3.74. The number of carboxylic acid groups (broad SMARTS) is 1. The molecule has 0 aliphatic heterocycles. The molecule has 0 spiro atoms. The van der Waals surface area contributed by atoms with Gasteiger partial charge >= 0.3 is 5.97 Å². The van der Waals surface area contributed by atoms with Crippen LogP contribution in [-0.2, 0) is 9.59 Å². The summed E-state index contributed by atoms with van der Waals surface area (Å²) < 4.78 is 0. The van der Waals surface area contributed by atoms with Crippen LogP contribution in [0.3, 0.4) is 0 Å². The second-order valence-corrected chi connectivity index (χ2v) is 5.85. The number of carboxylic acids is 1. The van der Waals surface area contributed by atoms with Gasteiger partial charge in [-0.1, -0.05) is 29.3 Å². The summed E-state index contributed by atoms with van der Waals surface area (Å²) in [7, 11) is 0. The number of hydrogen-bond acceptors (Lipinski definition) is 2. The van der Waals surface area contributed by atoms with Crippen molar-refractivity contribution in [1.29, 1.82) is 0 Å². The molecule has 0 saturated carbocycles. The Bertz CT molecular complexity index is 610. The molecule has 5 heteroatoms. The molecule has 0 aromatic heterocycles. The van der Waals surface area contributed by atoms with Gasteiger partial charge in [-0.25, -0.2) is 0 Å². The average molecular weight is 308 g/mol. The fourth-order valence-corrected chi connectivity index (χ4v) is 2.76. The minimum absolute atomic E-state index is 0.264.